The molecule has 0 fully saturated rings. The Labute approximate surface area is 127 Å². The number of esters is 1. The van der Waals surface area contributed by atoms with Crippen molar-refractivity contribution in [1.82, 2.24) is 5.32 Å². The van der Waals surface area contributed by atoms with Gasteiger partial charge in [0.1, 0.15) is 6.04 Å². The molecule has 0 saturated heterocycles. The maximum Gasteiger partial charge on any atom is 0.328 e. The van der Waals surface area contributed by atoms with Gasteiger partial charge < -0.3 is 15.0 Å². The number of nitrogens with zero attached hydrogens (tertiary/aromatic N) is 1. The van der Waals surface area contributed by atoms with E-state index in [-0.39, 0.29) is 12.0 Å². The second kappa shape index (κ2) is 7.46. The monoisotopic (exact) mass is 290 g/mol. The molecular formula is C17H26N2O2. The van der Waals surface area contributed by atoms with Crippen LogP contribution in [-0.2, 0) is 16.1 Å². The van der Waals surface area contributed by atoms with E-state index in [1.807, 2.05) is 19.1 Å². The molecule has 0 saturated carbocycles. The lowest BCUT2D eigenvalue weighted by molar-refractivity contribution is -0.145. The lowest BCUT2D eigenvalue weighted by atomic mass is 10.1. The average Bonchev–Trinajstić information content (AvgIpc) is 2.65. The molecule has 0 spiro atoms. The SMILES string of the molecule is CCCC(C(=O)OCC)N1CC(C)NCc2ccccc21. The Hall–Kier alpha value is -1.55. The predicted molar refractivity (Wildman–Crippen MR) is 85.4 cm³/mol. The fourth-order valence-corrected chi connectivity index (χ4v) is 2.89. The number of hydrogen-bond acceptors (Lipinski definition) is 4. The fourth-order valence-electron chi connectivity index (χ4n) is 2.89. The highest BCUT2D eigenvalue weighted by atomic mass is 16.5. The van der Waals surface area contributed by atoms with E-state index in [2.05, 4.69) is 36.2 Å². The average molecular weight is 290 g/mol. The van der Waals surface area contributed by atoms with E-state index in [9.17, 15) is 4.79 Å². The van der Waals surface area contributed by atoms with E-state index in [1.54, 1.807) is 0 Å². The van der Waals surface area contributed by atoms with Gasteiger partial charge in [-0.25, -0.2) is 4.79 Å². The van der Waals surface area contributed by atoms with Crippen LogP contribution in [0.5, 0.6) is 0 Å². The molecule has 0 amide bonds. The lowest BCUT2D eigenvalue weighted by Crippen LogP contribution is -2.46. The molecule has 0 aliphatic carbocycles. The molecule has 116 valence electrons. The quantitative estimate of drug-likeness (QED) is 0.847. The predicted octanol–water partition coefficient (Wildman–Crippen LogP) is 2.72. The molecule has 0 radical (unpaired) electrons. The maximum absolute atomic E-state index is 12.4. The molecule has 2 rings (SSSR count). The van der Waals surface area contributed by atoms with Crippen LogP contribution in [0.25, 0.3) is 0 Å². The van der Waals surface area contributed by atoms with Gasteiger partial charge in [-0.05, 0) is 31.9 Å². The van der Waals surface area contributed by atoms with Crippen molar-refractivity contribution in [3.63, 3.8) is 0 Å². The Bertz CT molecular complexity index is 476. The molecule has 1 heterocycles. The van der Waals surface area contributed by atoms with Crippen molar-refractivity contribution in [3.05, 3.63) is 29.8 Å². The number of nitrogens with one attached hydrogen (secondary N) is 1. The fraction of sp³-hybridized carbons (Fsp3) is 0.588. The van der Waals surface area contributed by atoms with E-state index >= 15 is 0 Å². The number of para-hydroxylation sites is 1. The van der Waals surface area contributed by atoms with Crippen LogP contribution in [0, 0.1) is 0 Å². The van der Waals surface area contributed by atoms with Gasteiger partial charge in [-0.15, -0.1) is 0 Å². The highest BCUT2D eigenvalue weighted by Crippen LogP contribution is 2.27. The molecule has 21 heavy (non-hydrogen) atoms. The first-order valence-electron chi connectivity index (χ1n) is 7.91. The van der Waals surface area contributed by atoms with E-state index < -0.39 is 0 Å². The molecule has 1 aliphatic heterocycles. The van der Waals surface area contributed by atoms with Crippen LogP contribution < -0.4 is 10.2 Å². The maximum atomic E-state index is 12.4. The summed E-state index contributed by atoms with van der Waals surface area (Å²) < 4.78 is 5.30. The van der Waals surface area contributed by atoms with Crippen molar-refractivity contribution in [2.24, 2.45) is 0 Å². The van der Waals surface area contributed by atoms with E-state index in [0.29, 0.717) is 12.6 Å². The second-order valence-electron chi connectivity index (χ2n) is 5.62. The van der Waals surface area contributed by atoms with Gasteiger partial charge in [0.05, 0.1) is 6.61 Å². The number of rotatable bonds is 5. The number of anilines is 1. The van der Waals surface area contributed by atoms with Gasteiger partial charge in [-0.1, -0.05) is 31.5 Å². The smallest absolute Gasteiger partial charge is 0.328 e. The van der Waals surface area contributed by atoms with E-state index in [1.165, 1.54) is 5.56 Å². The molecule has 1 aromatic rings. The van der Waals surface area contributed by atoms with Gasteiger partial charge >= 0.3 is 5.97 Å². The Morgan fingerprint density at radius 3 is 2.90 bits per heavy atom. The van der Waals surface area contributed by atoms with Crippen LogP contribution in [-0.4, -0.2) is 31.2 Å². The second-order valence-corrected chi connectivity index (χ2v) is 5.62. The van der Waals surface area contributed by atoms with Gasteiger partial charge in [-0.2, -0.15) is 0 Å². The summed E-state index contributed by atoms with van der Waals surface area (Å²) in [7, 11) is 0. The van der Waals surface area contributed by atoms with Crippen molar-refractivity contribution in [2.75, 3.05) is 18.1 Å². The number of benzene rings is 1. The summed E-state index contributed by atoms with van der Waals surface area (Å²) >= 11 is 0. The standard InChI is InChI=1S/C17H26N2O2/c1-4-8-16(17(20)21-5-2)19-12-13(3)18-11-14-9-6-7-10-15(14)19/h6-7,9-10,13,16,18H,4-5,8,11-12H2,1-3H3. The van der Waals surface area contributed by atoms with Gasteiger partial charge in [0, 0.05) is 24.8 Å². The molecule has 0 bridgehead atoms. The van der Waals surface area contributed by atoms with E-state index in [4.69, 9.17) is 4.74 Å². The molecular weight excluding hydrogens is 264 g/mol. The number of hydrogen-bond donors (Lipinski definition) is 1. The third-order valence-corrected chi connectivity index (χ3v) is 3.91. The van der Waals surface area contributed by atoms with Gasteiger partial charge in [0.15, 0.2) is 0 Å². The number of carbonyl (C=O) groups excluding carboxylic acids is 1. The van der Waals surface area contributed by atoms with Gasteiger partial charge in [0.2, 0.25) is 0 Å². The minimum Gasteiger partial charge on any atom is -0.464 e. The number of carbonyl (C=O) groups is 1. The van der Waals surface area contributed by atoms with Crippen molar-refractivity contribution in [3.8, 4) is 0 Å². The zero-order valence-corrected chi connectivity index (χ0v) is 13.3. The van der Waals surface area contributed by atoms with E-state index in [0.717, 1.165) is 31.6 Å². The number of fused-ring (bicyclic) bond motifs is 1. The summed E-state index contributed by atoms with van der Waals surface area (Å²) in [5, 5.41) is 3.50. The zero-order valence-electron chi connectivity index (χ0n) is 13.3. The third-order valence-electron chi connectivity index (χ3n) is 3.91. The Morgan fingerprint density at radius 2 is 2.19 bits per heavy atom. The Balaban J connectivity index is 2.34. The highest BCUT2D eigenvalue weighted by Gasteiger charge is 2.30. The highest BCUT2D eigenvalue weighted by molar-refractivity contribution is 5.80. The molecule has 0 aromatic heterocycles. The van der Waals surface area contributed by atoms with Crippen molar-refractivity contribution in [2.45, 2.75) is 52.2 Å². The summed E-state index contributed by atoms with van der Waals surface area (Å²) in [6.45, 7) is 8.23. The van der Waals surface area contributed by atoms with Crippen molar-refractivity contribution >= 4 is 11.7 Å². The van der Waals surface area contributed by atoms with Crippen LogP contribution in [0.2, 0.25) is 0 Å². The molecule has 4 nitrogen and oxygen atoms in total. The molecule has 2 unspecified atom stereocenters. The first-order chi connectivity index (χ1) is 10.2. The van der Waals surface area contributed by atoms with Crippen molar-refractivity contribution in [1.29, 1.82) is 0 Å². The largest absolute Gasteiger partial charge is 0.464 e. The zero-order chi connectivity index (χ0) is 15.2. The summed E-state index contributed by atoms with van der Waals surface area (Å²) in [5.41, 5.74) is 2.40. The summed E-state index contributed by atoms with van der Waals surface area (Å²) in [4.78, 5) is 14.6. The minimum atomic E-state index is -0.196. The topological polar surface area (TPSA) is 41.6 Å². The Kier molecular flexibility index (Phi) is 5.62. The van der Waals surface area contributed by atoms with Gasteiger partial charge in [0.25, 0.3) is 0 Å². The van der Waals surface area contributed by atoms with Crippen LogP contribution in [0.3, 0.4) is 0 Å². The Morgan fingerprint density at radius 1 is 1.43 bits per heavy atom. The van der Waals surface area contributed by atoms with Crippen LogP contribution >= 0.6 is 0 Å². The number of ether oxygens (including phenoxy) is 1. The molecule has 4 heteroatoms. The summed E-state index contributed by atoms with van der Waals surface area (Å²) in [6.07, 6.45) is 1.78. The molecule has 1 N–H and O–H groups in total. The lowest BCUT2D eigenvalue weighted by Gasteiger charge is -2.33. The first kappa shape index (κ1) is 15.8. The molecule has 1 aromatic carbocycles. The van der Waals surface area contributed by atoms with Crippen LogP contribution in [0.15, 0.2) is 24.3 Å². The van der Waals surface area contributed by atoms with Crippen molar-refractivity contribution < 1.29 is 9.53 Å². The van der Waals surface area contributed by atoms with Gasteiger partial charge in [-0.3, -0.25) is 0 Å². The third kappa shape index (κ3) is 3.76. The molecule has 1 aliphatic rings. The normalized spacial score (nSPS) is 19.6. The van der Waals surface area contributed by atoms with Crippen LogP contribution in [0.4, 0.5) is 5.69 Å². The summed E-state index contributed by atoms with van der Waals surface area (Å²) in [6, 6.07) is 8.46. The van der Waals surface area contributed by atoms with Crippen LogP contribution in [0.1, 0.15) is 39.2 Å². The molecule has 2 atom stereocenters. The minimum absolute atomic E-state index is 0.108. The summed E-state index contributed by atoms with van der Waals surface area (Å²) in [5.74, 6) is -0.108. The first-order valence-corrected chi connectivity index (χ1v) is 7.91.